The van der Waals surface area contributed by atoms with E-state index in [9.17, 15) is 23.8 Å². The fourth-order valence-electron chi connectivity index (χ4n) is 1.49. The number of aliphatic hydroxyl groups excluding tert-OH is 2. The second kappa shape index (κ2) is 6.22. The van der Waals surface area contributed by atoms with Crippen molar-refractivity contribution >= 4 is 5.97 Å². The number of hydrogen-bond acceptors (Lipinski definition) is 5. The molecule has 0 amide bonds. The van der Waals surface area contributed by atoms with Crippen LogP contribution < -0.4 is 0 Å². The lowest BCUT2D eigenvalue weighted by atomic mass is 10.0. The molecule has 2 unspecified atom stereocenters. The van der Waals surface area contributed by atoms with Crippen LogP contribution in [-0.2, 0) is 4.74 Å². The molecule has 2 N–H and O–H groups in total. The maximum Gasteiger partial charge on any atom is 0.343 e. The van der Waals surface area contributed by atoms with Crippen LogP contribution in [0, 0.1) is 23.0 Å². The second-order valence-corrected chi connectivity index (χ2v) is 3.73. The third-order valence-electron chi connectivity index (χ3n) is 2.46. The molecule has 1 aromatic rings. The molecule has 0 radical (unpaired) electrons. The van der Waals surface area contributed by atoms with Crippen LogP contribution in [0.2, 0.25) is 0 Å². The SMILES string of the molecule is COC(=O)c1c(F)cc(C(O)C(O)CC#N)cc1F. The van der Waals surface area contributed by atoms with E-state index in [1.807, 2.05) is 0 Å². The van der Waals surface area contributed by atoms with Gasteiger partial charge in [-0.05, 0) is 17.7 Å². The fraction of sp³-hybridized carbons (Fsp3) is 0.333. The largest absolute Gasteiger partial charge is 0.465 e. The molecule has 0 spiro atoms. The molecule has 0 saturated carbocycles. The van der Waals surface area contributed by atoms with Crippen molar-refractivity contribution in [2.75, 3.05) is 7.11 Å². The van der Waals surface area contributed by atoms with E-state index in [0.717, 1.165) is 7.11 Å². The molecule has 0 heterocycles. The van der Waals surface area contributed by atoms with Gasteiger partial charge < -0.3 is 14.9 Å². The van der Waals surface area contributed by atoms with E-state index in [4.69, 9.17) is 5.26 Å². The van der Waals surface area contributed by atoms with Crippen LogP contribution in [0.1, 0.15) is 28.4 Å². The molecule has 7 heteroatoms. The van der Waals surface area contributed by atoms with Gasteiger partial charge in [0.25, 0.3) is 0 Å². The standard InChI is InChI=1S/C12H11F2NO4/c1-19-12(18)10-7(13)4-6(5-8(10)14)11(17)9(16)2-3-15/h4-5,9,11,16-17H,2H2,1H3. The highest BCUT2D eigenvalue weighted by Gasteiger charge is 2.24. The van der Waals surface area contributed by atoms with E-state index in [1.54, 1.807) is 6.07 Å². The third kappa shape index (κ3) is 3.24. The Morgan fingerprint density at radius 2 is 1.95 bits per heavy atom. The first-order chi connectivity index (χ1) is 8.92. The lowest BCUT2D eigenvalue weighted by molar-refractivity contribution is 0.0212. The number of methoxy groups -OCH3 is 1. The molecule has 0 aliphatic rings. The number of benzene rings is 1. The molecule has 0 aliphatic heterocycles. The second-order valence-electron chi connectivity index (χ2n) is 3.73. The van der Waals surface area contributed by atoms with Gasteiger partial charge in [-0.1, -0.05) is 0 Å². The van der Waals surface area contributed by atoms with Crippen LogP contribution in [0.25, 0.3) is 0 Å². The quantitative estimate of drug-likeness (QED) is 0.799. The van der Waals surface area contributed by atoms with Crippen molar-refractivity contribution in [3.8, 4) is 6.07 Å². The number of ether oxygens (including phenoxy) is 1. The summed E-state index contributed by atoms with van der Waals surface area (Å²) >= 11 is 0. The van der Waals surface area contributed by atoms with Crippen molar-refractivity contribution in [2.24, 2.45) is 0 Å². The summed E-state index contributed by atoms with van der Waals surface area (Å²) in [5.74, 6) is -3.62. The minimum Gasteiger partial charge on any atom is -0.465 e. The van der Waals surface area contributed by atoms with Gasteiger partial charge in [0.05, 0.1) is 25.7 Å². The lowest BCUT2D eigenvalue weighted by Crippen LogP contribution is -2.19. The van der Waals surface area contributed by atoms with Gasteiger partial charge in [-0.15, -0.1) is 0 Å². The number of carbonyl (C=O) groups excluding carboxylic acids is 1. The van der Waals surface area contributed by atoms with Crippen LogP contribution in [0.4, 0.5) is 8.78 Å². The monoisotopic (exact) mass is 271 g/mol. The zero-order valence-electron chi connectivity index (χ0n) is 9.93. The maximum absolute atomic E-state index is 13.6. The Morgan fingerprint density at radius 1 is 1.42 bits per heavy atom. The van der Waals surface area contributed by atoms with Gasteiger partial charge >= 0.3 is 5.97 Å². The lowest BCUT2D eigenvalue weighted by Gasteiger charge is -2.16. The smallest absolute Gasteiger partial charge is 0.343 e. The van der Waals surface area contributed by atoms with E-state index >= 15 is 0 Å². The molecule has 0 bridgehead atoms. The summed E-state index contributed by atoms with van der Waals surface area (Å²) in [6, 6.07) is 3.03. The van der Waals surface area contributed by atoms with E-state index < -0.39 is 41.8 Å². The van der Waals surface area contributed by atoms with Gasteiger partial charge in [-0.2, -0.15) is 5.26 Å². The van der Waals surface area contributed by atoms with Crippen LogP contribution in [0.15, 0.2) is 12.1 Å². The highest BCUT2D eigenvalue weighted by molar-refractivity contribution is 5.90. The predicted molar refractivity (Wildman–Crippen MR) is 58.9 cm³/mol. The summed E-state index contributed by atoms with van der Waals surface area (Å²) in [5.41, 5.74) is -1.15. The van der Waals surface area contributed by atoms with Crippen LogP contribution >= 0.6 is 0 Å². The molecule has 2 atom stereocenters. The van der Waals surface area contributed by atoms with E-state index in [0.29, 0.717) is 12.1 Å². The van der Waals surface area contributed by atoms with Crippen LogP contribution in [0.3, 0.4) is 0 Å². The van der Waals surface area contributed by atoms with Crippen molar-refractivity contribution < 1.29 is 28.5 Å². The van der Waals surface area contributed by atoms with Gasteiger partial charge in [0.2, 0.25) is 0 Å². The third-order valence-corrected chi connectivity index (χ3v) is 2.46. The molecule has 1 rings (SSSR count). The highest BCUT2D eigenvalue weighted by atomic mass is 19.1. The summed E-state index contributed by atoms with van der Waals surface area (Å²) in [5, 5.41) is 27.3. The van der Waals surface area contributed by atoms with Gasteiger partial charge in [0, 0.05) is 0 Å². The first-order valence-corrected chi connectivity index (χ1v) is 5.22. The van der Waals surface area contributed by atoms with E-state index in [-0.39, 0.29) is 5.56 Å². The molecule has 0 saturated heterocycles. The normalized spacial score (nSPS) is 13.5. The molecule has 0 fully saturated rings. The number of rotatable bonds is 4. The van der Waals surface area contributed by atoms with Crippen molar-refractivity contribution in [3.05, 3.63) is 34.9 Å². The Kier molecular flexibility index (Phi) is 4.92. The van der Waals surface area contributed by atoms with Gasteiger partial charge in [0.1, 0.15) is 23.3 Å². The van der Waals surface area contributed by atoms with Gasteiger partial charge in [-0.3, -0.25) is 0 Å². The summed E-state index contributed by atoms with van der Waals surface area (Å²) in [7, 11) is 0.973. The number of nitriles is 1. The van der Waals surface area contributed by atoms with Crippen molar-refractivity contribution in [3.63, 3.8) is 0 Å². The zero-order valence-corrected chi connectivity index (χ0v) is 9.93. The Bertz CT molecular complexity index is 504. The number of nitrogens with zero attached hydrogens (tertiary/aromatic N) is 1. The fourth-order valence-corrected chi connectivity index (χ4v) is 1.49. The summed E-state index contributed by atoms with van der Waals surface area (Å²) in [6.07, 6.45) is -3.51. The summed E-state index contributed by atoms with van der Waals surface area (Å²) in [4.78, 5) is 11.1. The molecular weight excluding hydrogens is 260 g/mol. The van der Waals surface area contributed by atoms with Crippen LogP contribution in [0.5, 0.6) is 0 Å². The van der Waals surface area contributed by atoms with Gasteiger partial charge in [0.15, 0.2) is 0 Å². The molecule has 19 heavy (non-hydrogen) atoms. The molecular formula is C12H11F2NO4. The first-order valence-electron chi connectivity index (χ1n) is 5.22. The van der Waals surface area contributed by atoms with E-state index in [2.05, 4.69) is 4.74 Å². The first kappa shape index (κ1) is 15.0. The molecule has 5 nitrogen and oxygen atoms in total. The molecule has 102 valence electrons. The number of carbonyl (C=O) groups is 1. The molecule has 0 aromatic heterocycles. The van der Waals surface area contributed by atoms with Crippen molar-refractivity contribution in [2.45, 2.75) is 18.6 Å². The Labute approximate surface area is 107 Å². The predicted octanol–water partition coefficient (Wildman–Crippen LogP) is 1.06. The van der Waals surface area contributed by atoms with Crippen LogP contribution in [-0.4, -0.2) is 29.4 Å². The van der Waals surface area contributed by atoms with Crippen molar-refractivity contribution in [1.29, 1.82) is 5.26 Å². The van der Waals surface area contributed by atoms with Gasteiger partial charge in [-0.25, -0.2) is 13.6 Å². The number of hydrogen-bond donors (Lipinski definition) is 2. The number of halogens is 2. The Balaban J connectivity index is 3.14. The Morgan fingerprint density at radius 3 is 2.37 bits per heavy atom. The molecule has 0 aliphatic carbocycles. The summed E-state index contributed by atoms with van der Waals surface area (Å²) < 4.78 is 31.3. The Hall–Kier alpha value is -2.04. The van der Waals surface area contributed by atoms with E-state index in [1.165, 1.54) is 0 Å². The maximum atomic E-state index is 13.6. The zero-order chi connectivity index (χ0) is 14.6. The molecule has 1 aromatic carbocycles. The minimum atomic E-state index is -1.63. The number of esters is 1. The number of aliphatic hydroxyl groups is 2. The van der Waals surface area contributed by atoms with Crippen molar-refractivity contribution in [1.82, 2.24) is 0 Å². The minimum absolute atomic E-state index is 0.273. The highest BCUT2D eigenvalue weighted by Crippen LogP contribution is 2.24. The average Bonchev–Trinajstić information content (AvgIpc) is 2.36. The summed E-state index contributed by atoms with van der Waals surface area (Å²) in [6.45, 7) is 0. The average molecular weight is 271 g/mol. The topological polar surface area (TPSA) is 90.6 Å².